The van der Waals surface area contributed by atoms with Crippen molar-refractivity contribution in [1.82, 2.24) is 0 Å². The lowest BCUT2D eigenvalue weighted by atomic mass is 9.95. The minimum atomic E-state index is 0.846. The predicted molar refractivity (Wildman–Crippen MR) is 229 cm³/mol. The lowest BCUT2D eigenvalue weighted by Crippen LogP contribution is -2.10. The summed E-state index contributed by atoms with van der Waals surface area (Å²) in [6.07, 6.45) is 0. The fraction of sp³-hybridized carbons (Fsp3) is 0. The maximum absolute atomic E-state index is 6.89. The Kier molecular flexibility index (Phi) is 7.17. The van der Waals surface area contributed by atoms with Gasteiger partial charge in [-0.2, -0.15) is 0 Å². The van der Waals surface area contributed by atoms with Gasteiger partial charge in [0.05, 0.1) is 11.1 Å². The van der Waals surface area contributed by atoms with Crippen LogP contribution in [0.15, 0.2) is 209 Å². The lowest BCUT2D eigenvalue weighted by molar-refractivity contribution is 0.670. The highest BCUT2D eigenvalue weighted by atomic mass is 16.3. The minimum absolute atomic E-state index is 0.846. The topological polar surface area (TPSA) is 29.5 Å². The lowest BCUT2D eigenvalue weighted by Gasteiger charge is -2.26. The van der Waals surface area contributed by atoms with Crippen LogP contribution in [0.2, 0.25) is 0 Å². The third-order valence-corrected chi connectivity index (χ3v) is 10.9. The molecule has 9 aromatic carbocycles. The number of benzene rings is 9. The normalized spacial score (nSPS) is 11.6. The van der Waals surface area contributed by atoms with Gasteiger partial charge in [0.1, 0.15) is 22.3 Å². The van der Waals surface area contributed by atoms with E-state index in [9.17, 15) is 0 Å². The Bertz CT molecular complexity index is 3180. The van der Waals surface area contributed by atoms with E-state index in [4.69, 9.17) is 8.83 Å². The number of hydrogen-bond acceptors (Lipinski definition) is 3. The quantitative estimate of drug-likeness (QED) is 0.173. The molecule has 11 rings (SSSR count). The van der Waals surface area contributed by atoms with Crippen LogP contribution in [0.3, 0.4) is 0 Å². The summed E-state index contributed by atoms with van der Waals surface area (Å²) in [5.41, 5.74) is 13.4. The van der Waals surface area contributed by atoms with Crippen LogP contribution in [0.1, 0.15) is 0 Å². The number of furan rings is 2. The van der Waals surface area contributed by atoms with E-state index in [1.165, 1.54) is 21.9 Å². The van der Waals surface area contributed by atoms with Crippen molar-refractivity contribution in [3.8, 4) is 33.4 Å². The first-order chi connectivity index (χ1) is 27.3. The molecule has 11 aromatic rings. The molecule has 0 N–H and O–H groups in total. The average Bonchev–Trinajstić information content (AvgIpc) is 3.83. The van der Waals surface area contributed by atoms with Gasteiger partial charge >= 0.3 is 0 Å². The molecular weight excluding hydrogens is 671 g/mol. The molecule has 0 aliphatic rings. The number of anilines is 3. The monoisotopic (exact) mass is 703 g/mol. The molecule has 3 heteroatoms. The molecule has 0 radical (unpaired) electrons. The van der Waals surface area contributed by atoms with E-state index in [2.05, 4.69) is 193 Å². The summed E-state index contributed by atoms with van der Waals surface area (Å²) in [7, 11) is 0. The summed E-state index contributed by atoms with van der Waals surface area (Å²) >= 11 is 0. The zero-order valence-corrected chi connectivity index (χ0v) is 29.8. The summed E-state index contributed by atoms with van der Waals surface area (Å²) in [5, 5.41) is 6.76. The van der Waals surface area contributed by atoms with Gasteiger partial charge in [-0.25, -0.2) is 0 Å². The Labute approximate surface area is 317 Å². The van der Waals surface area contributed by atoms with Gasteiger partial charge in [0, 0.05) is 38.7 Å². The van der Waals surface area contributed by atoms with Crippen LogP contribution in [0.4, 0.5) is 17.1 Å². The smallest absolute Gasteiger partial charge is 0.143 e. The zero-order valence-electron chi connectivity index (χ0n) is 29.8. The maximum Gasteiger partial charge on any atom is 0.143 e. The van der Waals surface area contributed by atoms with Gasteiger partial charge in [0.2, 0.25) is 0 Å². The number of para-hydroxylation sites is 2. The van der Waals surface area contributed by atoms with E-state index in [0.717, 1.165) is 83.2 Å². The zero-order chi connectivity index (χ0) is 36.3. The van der Waals surface area contributed by atoms with Crippen molar-refractivity contribution >= 4 is 71.7 Å². The first-order valence-electron chi connectivity index (χ1n) is 18.7. The van der Waals surface area contributed by atoms with Crippen molar-refractivity contribution in [2.24, 2.45) is 0 Å². The molecule has 0 bridgehead atoms. The Morgan fingerprint density at radius 3 is 1.67 bits per heavy atom. The SMILES string of the molecule is c1ccc(-c2ccc(N(c3ccc(-c4cccc5c4oc4ccccc45)cc3)c3cccc4oc5c(-c6ccccc6)c6ccccc6cc5c34)cc2)cc1. The van der Waals surface area contributed by atoms with E-state index >= 15 is 0 Å². The fourth-order valence-electron chi connectivity index (χ4n) is 8.31. The molecule has 55 heavy (non-hydrogen) atoms. The van der Waals surface area contributed by atoms with Gasteiger partial charge in [-0.1, -0.05) is 152 Å². The second-order valence-corrected chi connectivity index (χ2v) is 14.0. The third kappa shape index (κ3) is 5.13. The molecule has 0 spiro atoms. The third-order valence-electron chi connectivity index (χ3n) is 10.9. The first kappa shape index (κ1) is 31.2. The summed E-state index contributed by atoms with van der Waals surface area (Å²) in [6.45, 7) is 0. The van der Waals surface area contributed by atoms with Gasteiger partial charge in [0.15, 0.2) is 0 Å². The Hall–Kier alpha value is -7.36. The molecule has 0 aliphatic heterocycles. The second-order valence-electron chi connectivity index (χ2n) is 14.0. The average molecular weight is 704 g/mol. The molecular formula is C52H33NO2. The largest absolute Gasteiger partial charge is 0.455 e. The van der Waals surface area contributed by atoms with Crippen LogP contribution in [-0.4, -0.2) is 0 Å². The van der Waals surface area contributed by atoms with Gasteiger partial charge in [-0.05, 0) is 81.6 Å². The van der Waals surface area contributed by atoms with Crippen LogP contribution in [0.5, 0.6) is 0 Å². The summed E-state index contributed by atoms with van der Waals surface area (Å²) in [5.74, 6) is 0. The van der Waals surface area contributed by atoms with E-state index in [-0.39, 0.29) is 0 Å². The number of fused-ring (bicyclic) bond motifs is 7. The standard InChI is InChI=1S/C52H33NO2/c1-3-13-34(14-4-1)35-25-29-39(30-26-35)53(40-31-27-36(28-32-40)42-20-11-21-44-43-19-9-10-23-47(43)54-51(42)44)46-22-12-24-48-50(46)45-33-38-17-7-8-18-41(38)49(52(45)55-48)37-15-5-2-6-16-37/h1-33H. The van der Waals surface area contributed by atoms with Crippen molar-refractivity contribution in [3.05, 3.63) is 200 Å². The highest BCUT2D eigenvalue weighted by Gasteiger charge is 2.23. The van der Waals surface area contributed by atoms with Crippen LogP contribution in [-0.2, 0) is 0 Å². The first-order valence-corrected chi connectivity index (χ1v) is 18.7. The molecule has 0 saturated heterocycles. The van der Waals surface area contributed by atoms with Crippen LogP contribution in [0.25, 0.3) is 88.0 Å². The van der Waals surface area contributed by atoms with Crippen molar-refractivity contribution < 1.29 is 8.83 Å². The molecule has 0 atom stereocenters. The fourth-order valence-corrected chi connectivity index (χ4v) is 8.31. The summed E-state index contributed by atoms with van der Waals surface area (Å²) < 4.78 is 13.3. The van der Waals surface area contributed by atoms with Gasteiger partial charge in [-0.15, -0.1) is 0 Å². The maximum atomic E-state index is 6.89. The van der Waals surface area contributed by atoms with Crippen LogP contribution >= 0.6 is 0 Å². The van der Waals surface area contributed by atoms with Crippen molar-refractivity contribution in [3.63, 3.8) is 0 Å². The highest BCUT2D eigenvalue weighted by molar-refractivity contribution is 6.22. The van der Waals surface area contributed by atoms with E-state index < -0.39 is 0 Å². The molecule has 0 saturated carbocycles. The predicted octanol–water partition coefficient (Wildman–Crippen LogP) is 15.1. The van der Waals surface area contributed by atoms with Crippen molar-refractivity contribution in [2.75, 3.05) is 4.90 Å². The number of nitrogens with zero attached hydrogens (tertiary/aromatic N) is 1. The molecule has 258 valence electrons. The van der Waals surface area contributed by atoms with E-state index in [0.29, 0.717) is 0 Å². The Morgan fingerprint density at radius 2 is 0.909 bits per heavy atom. The molecule has 0 aliphatic carbocycles. The molecule has 2 aromatic heterocycles. The van der Waals surface area contributed by atoms with Crippen molar-refractivity contribution in [1.29, 1.82) is 0 Å². The Morgan fingerprint density at radius 1 is 0.345 bits per heavy atom. The van der Waals surface area contributed by atoms with Crippen molar-refractivity contribution in [2.45, 2.75) is 0 Å². The van der Waals surface area contributed by atoms with E-state index in [1.807, 2.05) is 12.1 Å². The number of hydrogen-bond donors (Lipinski definition) is 0. The molecule has 0 fully saturated rings. The van der Waals surface area contributed by atoms with Crippen LogP contribution in [0, 0.1) is 0 Å². The number of rotatable bonds is 6. The molecule has 2 heterocycles. The second kappa shape index (κ2) is 12.6. The minimum Gasteiger partial charge on any atom is -0.455 e. The molecule has 0 unspecified atom stereocenters. The molecule has 3 nitrogen and oxygen atoms in total. The van der Waals surface area contributed by atoms with Gasteiger partial charge in [-0.3, -0.25) is 0 Å². The molecule has 0 amide bonds. The van der Waals surface area contributed by atoms with E-state index in [1.54, 1.807) is 0 Å². The Balaban J connectivity index is 1.12. The van der Waals surface area contributed by atoms with Gasteiger partial charge < -0.3 is 13.7 Å². The highest BCUT2D eigenvalue weighted by Crippen LogP contribution is 2.47. The summed E-state index contributed by atoms with van der Waals surface area (Å²) in [6, 6.07) is 70.8. The summed E-state index contributed by atoms with van der Waals surface area (Å²) in [4.78, 5) is 2.36. The van der Waals surface area contributed by atoms with Gasteiger partial charge in [0.25, 0.3) is 0 Å². The van der Waals surface area contributed by atoms with Crippen LogP contribution < -0.4 is 4.90 Å².